The first-order valence-corrected chi connectivity index (χ1v) is 28.0. The summed E-state index contributed by atoms with van der Waals surface area (Å²) in [7, 11) is 0. The molecule has 13 aromatic rings. The van der Waals surface area contributed by atoms with E-state index >= 15 is 0 Å². The molecule has 11 aromatic carbocycles. The van der Waals surface area contributed by atoms with Crippen LogP contribution in [0, 0.1) is 0 Å². The van der Waals surface area contributed by atoms with Gasteiger partial charge in [-0.25, -0.2) is 0 Å². The summed E-state index contributed by atoms with van der Waals surface area (Å²) in [5.41, 5.74) is 19.9. The van der Waals surface area contributed by atoms with Crippen LogP contribution >= 0.6 is 11.3 Å². The highest BCUT2D eigenvalue weighted by molar-refractivity contribution is 7.26. The maximum atomic E-state index is 2.55. The van der Waals surface area contributed by atoms with E-state index in [1.54, 1.807) is 0 Å². The molecule has 0 saturated carbocycles. The van der Waals surface area contributed by atoms with E-state index in [4.69, 9.17) is 0 Å². The highest BCUT2D eigenvalue weighted by Gasteiger charge is 2.28. The van der Waals surface area contributed by atoms with E-state index in [0.29, 0.717) is 0 Å². The van der Waals surface area contributed by atoms with Crippen LogP contribution in [0.5, 0.6) is 0 Å². The summed E-state index contributed by atoms with van der Waals surface area (Å²) >= 11 is 1.91. The molecule has 378 valence electrons. The average molecular weight is 1020 g/mol. The van der Waals surface area contributed by atoms with E-state index in [1.807, 2.05) is 11.3 Å². The number of thiophene rings is 1. The number of para-hydroxylation sites is 2. The molecular formula is C74H61N3S. The van der Waals surface area contributed by atoms with Crippen molar-refractivity contribution >= 4 is 87.4 Å². The van der Waals surface area contributed by atoms with E-state index < -0.39 is 0 Å². The minimum absolute atomic E-state index is 0.00189. The van der Waals surface area contributed by atoms with E-state index in [9.17, 15) is 0 Å². The van der Waals surface area contributed by atoms with E-state index in [1.165, 1.54) is 69.8 Å². The molecule has 2 aromatic heterocycles. The highest BCUT2D eigenvalue weighted by atomic mass is 32.1. The smallest absolute Gasteiger partial charge is 0.0633 e. The molecule has 0 amide bonds. The maximum absolute atomic E-state index is 2.55. The minimum atomic E-state index is -0.00189. The Morgan fingerprint density at radius 1 is 0.333 bits per heavy atom. The van der Waals surface area contributed by atoms with Gasteiger partial charge in [-0.1, -0.05) is 211 Å². The Morgan fingerprint density at radius 3 is 1.31 bits per heavy atom. The van der Waals surface area contributed by atoms with E-state index in [-0.39, 0.29) is 10.8 Å². The highest BCUT2D eigenvalue weighted by Crippen LogP contribution is 2.54. The van der Waals surface area contributed by atoms with Gasteiger partial charge in [0, 0.05) is 81.9 Å². The quantitative estimate of drug-likeness (QED) is 0.135. The van der Waals surface area contributed by atoms with Crippen LogP contribution < -0.4 is 9.80 Å². The van der Waals surface area contributed by atoms with Gasteiger partial charge in [-0.15, -0.1) is 11.3 Å². The predicted molar refractivity (Wildman–Crippen MR) is 337 cm³/mol. The molecule has 78 heavy (non-hydrogen) atoms. The maximum Gasteiger partial charge on any atom is 0.0633 e. The molecule has 0 radical (unpaired) electrons. The lowest BCUT2D eigenvalue weighted by molar-refractivity contribution is 0.590. The summed E-state index contributed by atoms with van der Waals surface area (Å²) in [5.74, 6) is 0. The molecular weight excluding hydrogens is 963 g/mol. The van der Waals surface area contributed by atoms with Crippen molar-refractivity contribution in [3.63, 3.8) is 0 Å². The van der Waals surface area contributed by atoms with Gasteiger partial charge in [-0.05, 0) is 135 Å². The molecule has 0 aliphatic carbocycles. The lowest BCUT2D eigenvalue weighted by atomic mass is 9.87. The molecule has 0 aliphatic rings. The standard InChI is InChI=1S/C74H61N3S/c1-73(2,3)54-37-41-58(42-38-54)75(56-29-15-9-16-30-56)60-33-21-27-52(47-60)53-28-22-34-61(48-53)76(59-43-39-55(40-44-59)74(4,5)6)62-45-46-63-65(49-62)77(57-31-17-10-18-32-57)71-67(50-23-11-7-12-24-50)70-64-35-19-20-36-66(64)78-72(70)68(69(63)71)51-25-13-8-14-26-51/h7-49H,1-6H3. The molecule has 3 nitrogen and oxygen atoms in total. The van der Waals surface area contributed by atoms with Crippen molar-refractivity contribution in [3.8, 4) is 39.1 Å². The third-order valence-electron chi connectivity index (χ3n) is 15.4. The zero-order chi connectivity index (χ0) is 53.1. The van der Waals surface area contributed by atoms with Crippen LogP contribution in [-0.2, 0) is 10.8 Å². The van der Waals surface area contributed by atoms with E-state index in [2.05, 4.69) is 317 Å². The van der Waals surface area contributed by atoms with Gasteiger partial charge >= 0.3 is 0 Å². The van der Waals surface area contributed by atoms with Crippen LogP contribution in [0.3, 0.4) is 0 Å². The molecule has 0 bridgehead atoms. The molecule has 0 unspecified atom stereocenters. The Morgan fingerprint density at radius 2 is 0.756 bits per heavy atom. The number of aromatic nitrogens is 1. The Labute approximate surface area is 462 Å². The third kappa shape index (κ3) is 8.73. The molecule has 0 saturated heterocycles. The van der Waals surface area contributed by atoms with Crippen molar-refractivity contribution in [3.05, 3.63) is 272 Å². The Kier molecular flexibility index (Phi) is 12.2. The van der Waals surface area contributed by atoms with Crippen LogP contribution in [-0.4, -0.2) is 4.57 Å². The normalized spacial score (nSPS) is 12.0. The Hall–Kier alpha value is -8.96. The molecule has 2 heterocycles. The first-order valence-electron chi connectivity index (χ1n) is 27.2. The van der Waals surface area contributed by atoms with Crippen molar-refractivity contribution < 1.29 is 0 Å². The van der Waals surface area contributed by atoms with Gasteiger partial charge < -0.3 is 14.4 Å². The fraction of sp³-hybridized carbons (Fsp3) is 0.108. The number of fused-ring (bicyclic) bond motifs is 6. The number of hydrogen-bond acceptors (Lipinski definition) is 3. The van der Waals surface area contributed by atoms with Crippen LogP contribution in [0.1, 0.15) is 52.7 Å². The van der Waals surface area contributed by atoms with Crippen molar-refractivity contribution in [1.29, 1.82) is 0 Å². The molecule has 13 rings (SSSR count). The number of hydrogen-bond donors (Lipinski definition) is 0. The number of benzene rings is 11. The predicted octanol–water partition coefficient (Wildman–Crippen LogP) is 21.7. The molecule has 0 aliphatic heterocycles. The molecule has 0 fully saturated rings. The van der Waals surface area contributed by atoms with Crippen molar-refractivity contribution in [2.24, 2.45) is 0 Å². The van der Waals surface area contributed by atoms with Gasteiger partial charge in [0.25, 0.3) is 0 Å². The monoisotopic (exact) mass is 1020 g/mol. The van der Waals surface area contributed by atoms with Crippen molar-refractivity contribution in [1.82, 2.24) is 4.57 Å². The molecule has 4 heteroatoms. The lowest BCUT2D eigenvalue weighted by Crippen LogP contribution is -2.13. The third-order valence-corrected chi connectivity index (χ3v) is 16.6. The minimum Gasteiger partial charge on any atom is -0.310 e. The molecule has 0 spiro atoms. The van der Waals surface area contributed by atoms with E-state index in [0.717, 1.165) is 56.5 Å². The zero-order valence-corrected chi connectivity index (χ0v) is 45.9. The fourth-order valence-electron chi connectivity index (χ4n) is 11.6. The summed E-state index contributed by atoms with van der Waals surface area (Å²) < 4.78 is 5.14. The largest absolute Gasteiger partial charge is 0.310 e. The SMILES string of the molecule is CC(C)(C)c1ccc(N(c2ccccc2)c2cccc(-c3cccc(N(c4ccc(C(C)(C)C)cc4)c4ccc5c6c(-c7ccccc7)c7sc8ccccc8c7c(-c7ccccc7)c6n(-c6ccccc6)c5c4)c3)c2)cc1. The van der Waals surface area contributed by atoms with Crippen LogP contribution in [0.2, 0.25) is 0 Å². The van der Waals surface area contributed by atoms with Gasteiger partial charge in [0.2, 0.25) is 0 Å². The van der Waals surface area contributed by atoms with Crippen molar-refractivity contribution in [2.45, 2.75) is 52.4 Å². The van der Waals surface area contributed by atoms with Gasteiger partial charge in [0.15, 0.2) is 0 Å². The summed E-state index contributed by atoms with van der Waals surface area (Å²) in [5, 5.41) is 5.03. The number of nitrogens with zero attached hydrogens (tertiary/aromatic N) is 3. The van der Waals surface area contributed by atoms with Crippen molar-refractivity contribution in [2.75, 3.05) is 9.80 Å². The van der Waals surface area contributed by atoms with Crippen LogP contribution in [0.4, 0.5) is 34.1 Å². The average Bonchev–Trinajstić information content (AvgIpc) is 3.97. The topological polar surface area (TPSA) is 11.4 Å². The Bertz CT molecular complexity index is 4300. The molecule has 0 N–H and O–H groups in total. The number of rotatable bonds is 10. The van der Waals surface area contributed by atoms with Gasteiger partial charge in [0.1, 0.15) is 0 Å². The zero-order valence-electron chi connectivity index (χ0n) is 45.1. The first kappa shape index (κ1) is 48.7. The van der Waals surface area contributed by atoms with Crippen LogP contribution in [0.25, 0.3) is 81.0 Å². The fourth-order valence-corrected chi connectivity index (χ4v) is 12.8. The first-order chi connectivity index (χ1) is 38.0. The summed E-state index contributed by atoms with van der Waals surface area (Å²) in [6.45, 7) is 13.7. The van der Waals surface area contributed by atoms with Gasteiger partial charge in [-0.3, -0.25) is 0 Å². The summed E-state index contributed by atoms with van der Waals surface area (Å²) in [6, 6.07) is 96.3. The number of anilines is 6. The molecule has 0 atom stereocenters. The van der Waals surface area contributed by atoms with Gasteiger partial charge in [0.05, 0.1) is 11.0 Å². The lowest BCUT2D eigenvalue weighted by Gasteiger charge is -2.28. The summed E-state index contributed by atoms with van der Waals surface area (Å²) in [6.07, 6.45) is 0. The second-order valence-electron chi connectivity index (χ2n) is 22.6. The van der Waals surface area contributed by atoms with Gasteiger partial charge in [-0.2, -0.15) is 0 Å². The second kappa shape index (κ2) is 19.6. The Balaban J connectivity index is 1.05. The summed E-state index contributed by atoms with van der Waals surface area (Å²) in [4.78, 5) is 4.81. The second-order valence-corrected chi connectivity index (χ2v) is 23.6. The van der Waals surface area contributed by atoms with Crippen LogP contribution in [0.15, 0.2) is 261 Å².